The molecule has 1 aliphatic rings. The van der Waals surface area contributed by atoms with Crippen LogP contribution in [0.25, 0.3) is 0 Å². The third kappa shape index (κ3) is 2.89. The molecule has 0 radical (unpaired) electrons. The normalized spacial score (nSPS) is 22.4. The van der Waals surface area contributed by atoms with E-state index in [-0.39, 0.29) is 23.7 Å². The first-order valence-electron chi connectivity index (χ1n) is 7.12. The van der Waals surface area contributed by atoms with E-state index >= 15 is 0 Å². The maximum atomic E-state index is 13.1. The predicted octanol–water partition coefficient (Wildman–Crippen LogP) is 2.34. The number of halogens is 1. The number of benzene rings is 1. The molecule has 4 nitrogen and oxygen atoms in total. The van der Waals surface area contributed by atoms with Crippen LogP contribution in [0.5, 0.6) is 0 Å². The zero-order valence-electron chi connectivity index (χ0n) is 13.0. The summed E-state index contributed by atoms with van der Waals surface area (Å²) in [6.07, 6.45) is 3.51. The summed E-state index contributed by atoms with van der Waals surface area (Å²) in [5, 5.41) is 2.81. The number of esters is 1. The second-order valence-electron chi connectivity index (χ2n) is 6.11. The van der Waals surface area contributed by atoms with Crippen molar-refractivity contribution in [1.82, 2.24) is 5.32 Å². The fourth-order valence-corrected chi connectivity index (χ4v) is 2.89. The van der Waals surface area contributed by atoms with E-state index in [1.54, 1.807) is 12.1 Å². The fraction of sp³-hybridized carbons (Fsp3) is 0.412. The average Bonchev–Trinajstić information content (AvgIpc) is 3.08. The van der Waals surface area contributed by atoms with Crippen LogP contribution < -0.4 is 5.32 Å². The molecule has 0 bridgehead atoms. The van der Waals surface area contributed by atoms with Crippen LogP contribution in [0.15, 0.2) is 36.4 Å². The molecule has 2 rings (SSSR count). The Kier molecular flexibility index (Phi) is 4.35. The van der Waals surface area contributed by atoms with Crippen molar-refractivity contribution in [2.45, 2.75) is 25.7 Å². The van der Waals surface area contributed by atoms with Gasteiger partial charge in [-0.05, 0) is 29.5 Å². The minimum atomic E-state index is -0.639. The van der Waals surface area contributed by atoms with Gasteiger partial charge < -0.3 is 10.1 Å². The number of amides is 1. The topological polar surface area (TPSA) is 55.4 Å². The quantitative estimate of drug-likeness (QED) is 0.671. The Hall–Kier alpha value is -2.17. The van der Waals surface area contributed by atoms with Crippen molar-refractivity contribution in [1.29, 1.82) is 0 Å². The molecule has 0 aliphatic heterocycles. The van der Waals surface area contributed by atoms with E-state index in [1.807, 2.05) is 13.8 Å². The van der Waals surface area contributed by atoms with Gasteiger partial charge in [-0.15, -0.1) is 0 Å². The number of rotatable bonds is 5. The van der Waals surface area contributed by atoms with E-state index in [4.69, 9.17) is 0 Å². The summed E-state index contributed by atoms with van der Waals surface area (Å²) in [5.74, 6) is -0.897. The summed E-state index contributed by atoms with van der Waals surface area (Å²) < 4.78 is 17.6. The number of methoxy groups -OCH3 is 1. The number of hydrogen-bond donors (Lipinski definition) is 1. The van der Waals surface area contributed by atoms with Gasteiger partial charge in [0.1, 0.15) is 5.82 Å². The minimum absolute atomic E-state index is 0.112. The summed E-state index contributed by atoms with van der Waals surface area (Å²) in [6, 6.07) is 6.06. The molecule has 1 amide bonds. The van der Waals surface area contributed by atoms with E-state index in [9.17, 15) is 14.0 Å². The Labute approximate surface area is 129 Å². The largest absolute Gasteiger partial charge is 0.466 e. The highest BCUT2D eigenvalue weighted by Gasteiger charge is 2.66. The number of nitrogens with one attached hydrogen (secondary N) is 1. The summed E-state index contributed by atoms with van der Waals surface area (Å²) in [7, 11) is 1.29. The summed E-state index contributed by atoms with van der Waals surface area (Å²) >= 11 is 0. The molecule has 1 aliphatic carbocycles. The standard InChI is InChI=1S/C17H20FNO3/c1-16(2)11-17(16,12-6-8-13(18)9-7-12)15(21)19-10-4-5-14(20)22-3/h4-9H,10-11H2,1-3H3,(H,19,21)/b5-4+. The third-order valence-corrected chi connectivity index (χ3v) is 4.30. The SMILES string of the molecule is COC(=O)/C=C/CNC(=O)C1(c2ccc(F)cc2)CC1(C)C. The van der Waals surface area contributed by atoms with Gasteiger partial charge in [0.2, 0.25) is 5.91 Å². The first-order valence-corrected chi connectivity index (χ1v) is 7.12. The molecule has 1 unspecified atom stereocenters. The molecule has 22 heavy (non-hydrogen) atoms. The molecular formula is C17H20FNO3. The van der Waals surface area contributed by atoms with Crippen LogP contribution in [-0.2, 0) is 19.7 Å². The van der Waals surface area contributed by atoms with Crippen LogP contribution in [-0.4, -0.2) is 25.5 Å². The predicted molar refractivity (Wildman–Crippen MR) is 80.6 cm³/mol. The summed E-state index contributed by atoms with van der Waals surface area (Å²) in [4.78, 5) is 23.6. The van der Waals surface area contributed by atoms with Crippen molar-refractivity contribution >= 4 is 11.9 Å². The van der Waals surface area contributed by atoms with Crippen molar-refractivity contribution in [3.05, 3.63) is 47.8 Å². The highest BCUT2D eigenvalue weighted by molar-refractivity contribution is 5.93. The van der Waals surface area contributed by atoms with E-state index in [2.05, 4.69) is 10.1 Å². The van der Waals surface area contributed by atoms with Crippen molar-refractivity contribution in [2.75, 3.05) is 13.7 Å². The summed E-state index contributed by atoms with van der Waals surface area (Å²) in [6.45, 7) is 4.27. The fourth-order valence-electron chi connectivity index (χ4n) is 2.89. The Balaban J connectivity index is 2.09. The third-order valence-electron chi connectivity index (χ3n) is 4.30. The monoisotopic (exact) mass is 305 g/mol. The van der Waals surface area contributed by atoms with Crippen LogP contribution in [0.2, 0.25) is 0 Å². The van der Waals surface area contributed by atoms with E-state index in [1.165, 1.54) is 31.4 Å². The lowest BCUT2D eigenvalue weighted by molar-refractivity contribution is -0.135. The molecular weight excluding hydrogens is 285 g/mol. The smallest absolute Gasteiger partial charge is 0.330 e. The van der Waals surface area contributed by atoms with Gasteiger partial charge in [0.15, 0.2) is 0 Å². The molecule has 1 aromatic carbocycles. The van der Waals surface area contributed by atoms with Crippen molar-refractivity contribution in [2.24, 2.45) is 5.41 Å². The van der Waals surface area contributed by atoms with Gasteiger partial charge in [-0.1, -0.05) is 32.1 Å². The van der Waals surface area contributed by atoms with Crippen LogP contribution in [0, 0.1) is 11.2 Å². The molecule has 1 N–H and O–H groups in total. The molecule has 1 aromatic rings. The van der Waals surface area contributed by atoms with Crippen molar-refractivity contribution < 1.29 is 18.7 Å². The molecule has 0 saturated heterocycles. The zero-order valence-corrected chi connectivity index (χ0v) is 13.0. The first-order chi connectivity index (χ1) is 10.3. The maximum Gasteiger partial charge on any atom is 0.330 e. The Morgan fingerprint density at radius 3 is 2.41 bits per heavy atom. The van der Waals surface area contributed by atoms with Crippen molar-refractivity contribution in [3.8, 4) is 0 Å². The lowest BCUT2D eigenvalue weighted by Gasteiger charge is -2.20. The van der Waals surface area contributed by atoms with Crippen LogP contribution in [0.4, 0.5) is 4.39 Å². The minimum Gasteiger partial charge on any atom is -0.466 e. The van der Waals surface area contributed by atoms with Crippen molar-refractivity contribution in [3.63, 3.8) is 0 Å². The van der Waals surface area contributed by atoms with Gasteiger partial charge in [-0.2, -0.15) is 0 Å². The van der Waals surface area contributed by atoms with Gasteiger partial charge >= 0.3 is 5.97 Å². The van der Waals surface area contributed by atoms with E-state index in [0.717, 1.165) is 5.56 Å². The van der Waals surface area contributed by atoms with Crippen LogP contribution in [0.3, 0.4) is 0 Å². The number of carbonyl (C=O) groups is 2. The molecule has 1 atom stereocenters. The second kappa shape index (κ2) is 5.91. The molecule has 0 heterocycles. The molecule has 0 aromatic heterocycles. The van der Waals surface area contributed by atoms with Gasteiger partial charge in [0.25, 0.3) is 0 Å². The van der Waals surface area contributed by atoms with Gasteiger partial charge in [0, 0.05) is 12.6 Å². The average molecular weight is 305 g/mol. The van der Waals surface area contributed by atoms with Crippen LogP contribution in [0.1, 0.15) is 25.8 Å². The highest BCUT2D eigenvalue weighted by Crippen LogP contribution is 2.64. The zero-order chi connectivity index (χ0) is 16.4. The molecule has 1 saturated carbocycles. The van der Waals surface area contributed by atoms with E-state index in [0.29, 0.717) is 6.42 Å². The lowest BCUT2D eigenvalue weighted by Crippen LogP contribution is -2.37. The van der Waals surface area contributed by atoms with Crippen LogP contribution >= 0.6 is 0 Å². The number of ether oxygens (including phenoxy) is 1. The van der Waals surface area contributed by atoms with Gasteiger partial charge in [-0.3, -0.25) is 4.79 Å². The van der Waals surface area contributed by atoms with Gasteiger partial charge in [0.05, 0.1) is 12.5 Å². The molecule has 118 valence electrons. The molecule has 0 spiro atoms. The van der Waals surface area contributed by atoms with E-state index < -0.39 is 11.4 Å². The number of hydrogen-bond acceptors (Lipinski definition) is 3. The summed E-state index contributed by atoms with van der Waals surface area (Å²) in [5.41, 5.74) is -0.00538. The van der Waals surface area contributed by atoms with Gasteiger partial charge in [-0.25, -0.2) is 9.18 Å². The molecule has 1 fully saturated rings. The maximum absolute atomic E-state index is 13.1. The number of carbonyl (C=O) groups excluding carboxylic acids is 2. The first kappa shape index (κ1) is 16.2. The molecule has 5 heteroatoms. The highest BCUT2D eigenvalue weighted by atomic mass is 19.1. The lowest BCUT2D eigenvalue weighted by atomic mass is 9.87. The Morgan fingerprint density at radius 1 is 1.32 bits per heavy atom. The Morgan fingerprint density at radius 2 is 1.91 bits per heavy atom. The second-order valence-corrected chi connectivity index (χ2v) is 6.11. The Bertz CT molecular complexity index is 607.